The molecule has 0 saturated carbocycles. The SMILES string of the molecule is Cn1cccc(C(=O)NCCn2nc(-c3ccccc3)ccc2=O)c1=O. The molecule has 7 nitrogen and oxygen atoms in total. The number of hydrogen-bond acceptors (Lipinski definition) is 4. The third kappa shape index (κ3) is 3.77. The number of pyridine rings is 1. The van der Waals surface area contributed by atoms with E-state index in [0.717, 1.165) is 5.56 Å². The summed E-state index contributed by atoms with van der Waals surface area (Å²) in [5.74, 6) is -0.474. The topological polar surface area (TPSA) is 86.0 Å². The van der Waals surface area contributed by atoms with Gasteiger partial charge in [0.1, 0.15) is 5.56 Å². The van der Waals surface area contributed by atoms with Crippen molar-refractivity contribution in [3.8, 4) is 11.3 Å². The van der Waals surface area contributed by atoms with Gasteiger partial charge in [0, 0.05) is 31.4 Å². The zero-order chi connectivity index (χ0) is 18.5. The van der Waals surface area contributed by atoms with Gasteiger partial charge in [0.15, 0.2) is 0 Å². The Morgan fingerprint density at radius 1 is 1.04 bits per heavy atom. The van der Waals surface area contributed by atoms with Gasteiger partial charge < -0.3 is 9.88 Å². The summed E-state index contributed by atoms with van der Waals surface area (Å²) in [6.07, 6.45) is 1.58. The summed E-state index contributed by atoms with van der Waals surface area (Å²) < 4.78 is 2.63. The molecule has 0 fully saturated rings. The quantitative estimate of drug-likeness (QED) is 0.745. The van der Waals surface area contributed by atoms with Gasteiger partial charge in [0.25, 0.3) is 17.0 Å². The van der Waals surface area contributed by atoms with E-state index in [9.17, 15) is 14.4 Å². The number of rotatable bonds is 5. The molecule has 1 aromatic carbocycles. The Morgan fingerprint density at radius 2 is 1.81 bits per heavy atom. The van der Waals surface area contributed by atoms with Crippen LogP contribution in [-0.2, 0) is 13.6 Å². The van der Waals surface area contributed by atoms with Crippen LogP contribution in [0, 0.1) is 0 Å². The van der Waals surface area contributed by atoms with Crippen molar-refractivity contribution in [1.82, 2.24) is 19.7 Å². The first-order valence-corrected chi connectivity index (χ1v) is 8.14. The zero-order valence-electron chi connectivity index (χ0n) is 14.3. The molecule has 2 aromatic heterocycles. The predicted octanol–water partition coefficient (Wildman–Crippen LogP) is 1.04. The average molecular weight is 350 g/mol. The van der Waals surface area contributed by atoms with Crippen LogP contribution < -0.4 is 16.4 Å². The van der Waals surface area contributed by atoms with Crippen LogP contribution >= 0.6 is 0 Å². The summed E-state index contributed by atoms with van der Waals surface area (Å²) in [6, 6.07) is 15.7. The molecule has 0 spiro atoms. The number of amides is 1. The predicted molar refractivity (Wildman–Crippen MR) is 97.9 cm³/mol. The number of benzene rings is 1. The first-order chi connectivity index (χ1) is 12.6. The third-order valence-corrected chi connectivity index (χ3v) is 3.91. The minimum atomic E-state index is -0.474. The van der Waals surface area contributed by atoms with Crippen molar-refractivity contribution in [2.45, 2.75) is 6.54 Å². The molecule has 132 valence electrons. The Kier molecular flexibility index (Phi) is 5.07. The van der Waals surface area contributed by atoms with Crippen molar-refractivity contribution in [2.75, 3.05) is 6.54 Å². The number of carbonyl (C=O) groups excluding carboxylic acids is 1. The standard InChI is InChI=1S/C19H18N4O3/c1-22-12-5-8-15(19(22)26)18(25)20-11-13-23-17(24)10-9-16(21-23)14-6-3-2-4-7-14/h2-10,12H,11,13H2,1H3,(H,20,25). The first kappa shape index (κ1) is 17.3. The molecule has 0 bridgehead atoms. The molecule has 0 saturated heterocycles. The van der Waals surface area contributed by atoms with Gasteiger partial charge in [-0.05, 0) is 18.2 Å². The maximum absolute atomic E-state index is 12.1. The molecule has 1 N–H and O–H groups in total. The second-order valence-corrected chi connectivity index (χ2v) is 5.74. The molecule has 0 aliphatic carbocycles. The number of aromatic nitrogens is 3. The van der Waals surface area contributed by atoms with E-state index in [1.165, 1.54) is 21.4 Å². The van der Waals surface area contributed by atoms with E-state index in [1.807, 2.05) is 30.3 Å². The van der Waals surface area contributed by atoms with Crippen LogP contribution in [0.4, 0.5) is 0 Å². The molecule has 0 atom stereocenters. The smallest absolute Gasteiger partial charge is 0.266 e. The second kappa shape index (κ2) is 7.60. The monoisotopic (exact) mass is 350 g/mol. The Balaban J connectivity index is 1.70. The fourth-order valence-corrected chi connectivity index (χ4v) is 2.51. The maximum atomic E-state index is 12.1. The van der Waals surface area contributed by atoms with E-state index in [0.29, 0.717) is 5.69 Å². The number of nitrogens with one attached hydrogen (secondary N) is 1. The van der Waals surface area contributed by atoms with Crippen molar-refractivity contribution in [2.24, 2.45) is 7.05 Å². The normalized spacial score (nSPS) is 10.5. The molecule has 0 aliphatic rings. The molecule has 1 amide bonds. The van der Waals surface area contributed by atoms with Gasteiger partial charge in [-0.1, -0.05) is 30.3 Å². The van der Waals surface area contributed by atoms with Gasteiger partial charge in [-0.15, -0.1) is 0 Å². The minimum absolute atomic E-state index is 0.0633. The molecule has 7 heteroatoms. The molecule has 3 rings (SSSR count). The summed E-state index contributed by atoms with van der Waals surface area (Å²) in [4.78, 5) is 36.1. The number of aryl methyl sites for hydroxylation is 1. The lowest BCUT2D eigenvalue weighted by molar-refractivity contribution is 0.0949. The summed E-state index contributed by atoms with van der Waals surface area (Å²) in [5, 5.41) is 6.98. The van der Waals surface area contributed by atoms with Gasteiger partial charge >= 0.3 is 0 Å². The lowest BCUT2D eigenvalue weighted by atomic mass is 10.1. The molecule has 0 aliphatic heterocycles. The fourth-order valence-electron chi connectivity index (χ4n) is 2.51. The van der Waals surface area contributed by atoms with Crippen LogP contribution in [0.3, 0.4) is 0 Å². The average Bonchev–Trinajstić information content (AvgIpc) is 2.66. The maximum Gasteiger partial charge on any atom is 0.266 e. The molecule has 0 unspecified atom stereocenters. The van der Waals surface area contributed by atoms with Gasteiger partial charge in [-0.2, -0.15) is 5.10 Å². The van der Waals surface area contributed by atoms with Crippen molar-refractivity contribution in [3.63, 3.8) is 0 Å². The van der Waals surface area contributed by atoms with Gasteiger partial charge in [0.2, 0.25) is 0 Å². The Labute approximate surface area is 149 Å². The molecule has 0 radical (unpaired) electrons. The van der Waals surface area contributed by atoms with E-state index < -0.39 is 5.91 Å². The Morgan fingerprint density at radius 3 is 2.58 bits per heavy atom. The van der Waals surface area contributed by atoms with Crippen molar-refractivity contribution in [3.05, 3.63) is 87.1 Å². The highest BCUT2D eigenvalue weighted by Gasteiger charge is 2.10. The Hall–Kier alpha value is -3.48. The van der Waals surface area contributed by atoms with Crippen molar-refractivity contribution in [1.29, 1.82) is 0 Å². The largest absolute Gasteiger partial charge is 0.350 e. The molecule has 26 heavy (non-hydrogen) atoms. The van der Waals surface area contributed by atoms with E-state index in [-0.39, 0.29) is 29.8 Å². The van der Waals surface area contributed by atoms with Gasteiger partial charge in [0.05, 0.1) is 12.2 Å². The summed E-state index contributed by atoms with van der Waals surface area (Å²) in [7, 11) is 1.58. The number of nitrogens with zero attached hydrogens (tertiary/aromatic N) is 3. The van der Waals surface area contributed by atoms with Gasteiger partial charge in [-0.3, -0.25) is 14.4 Å². The lowest BCUT2D eigenvalue weighted by Gasteiger charge is -2.09. The molecule has 2 heterocycles. The van der Waals surface area contributed by atoms with Crippen molar-refractivity contribution < 1.29 is 4.79 Å². The van der Waals surface area contributed by atoms with E-state index in [1.54, 1.807) is 25.4 Å². The fraction of sp³-hybridized carbons (Fsp3) is 0.158. The van der Waals surface area contributed by atoms with Crippen LogP contribution in [0.5, 0.6) is 0 Å². The molecule has 3 aromatic rings. The summed E-state index contributed by atoms with van der Waals surface area (Å²) in [6.45, 7) is 0.389. The van der Waals surface area contributed by atoms with Crippen LogP contribution in [-0.4, -0.2) is 26.8 Å². The second-order valence-electron chi connectivity index (χ2n) is 5.74. The number of hydrogen-bond donors (Lipinski definition) is 1. The minimum Gasteiger partial charge on any atom is -0.350 e. The Bertz CT molecular complexity index is 1040. The highest BCUT2D eigenvalue weighted by atomic mass is 16.2. The first-order valence-electron chi connectivity index (χ1n) is 8.14. The van der Waals surface area contributed by atoms with Crippen LogP contribution in [0.25, 0.3) is 11.3 Å². The lowest BCUT2D eigenvalue weighted by Crippen LogP contribution is -2.35. The summed E-state index contributed by atoms with van der Waals surface area (Å²) >= 11 is 0. The highest BCUT2D eigenvalue weighted by molar-refractivity contribution is 5.93. The zero-order valence-corrected chi connectivity index (χ0v) is 14.3. The summed E-state index contributed by atoms with van der Waals surface area (Å²) in [5.41, 5.74) is 1.01. The molecular formula is C19H18N4O3. The highest BCUT2D eigenvalue weighted by Crippen LogP contribution is 2.13. The van der Waals surface area contributed by atoms with E-state index >= 15 is 0 Å². The van der Waals surface area contributed by atoms with Crippen LogP contribution in [0.1, 0.15) is 10.4 Å². The van der Waals surface area contributed by atoms with Crippen LogP contribution in [0.2, 0.25) is 0 Å². The van der Waals surface area contributed by atoms with Crippen LogP contribution in [0.15, 0.2) is 70.4 Å². The van der Waals surface area contributed by atoms with E-state index in [2.05, 4.69) is 10.4 Å². The third-order valence-electron chi connectivity index (χ3n) is 3.91. The molecular weight excluding hydrogens is 332 g/mol. The van der Waals surface area contributed by atoms with Gasteiger partial charge in [-0.25, -0.2) is 4.68 Å². The van der Waals surface area contributed by atoms with Crippen molar-refractivity contribution >= 4 is 5.91 Å². The number of carbonyl (C=O) groups is 1. The van der Waals surface area contributed by atoms with E-state index in [4.69, 9.17) is 0 Å².